The van der Waals surface area contributed by atoms with Gasteiger partial charge < -0.3 is 9.84 Å². The van der Waals surface area contributed by atoms with Crippen LogP contribution in [-0.4, -0.2) is 17.7 Å². The first kappa shape index (κ1) is 19.5. The van der Waals surface area contributed by atoms with Gasteiger partial charge in [0, 0.05) is 0 Å². The van der Waals surface area contributed by atoms with Crippen molar-refractivity contribution < 1.29 is 23.4 Å². The number of alkyl halides is 2. The summed E-state index contributed by atoms with van der Waals surface area (Å²) >= 11 is 0. The molecule has 3 nitrogen and oxygen atoms in total. The number of benzene rings is 3. The lowest BCUT2D eigenvalue weighted by Crippen LogP contribution is -2.04. The number of carbonyl (C=O) groups is 1. The van der Waals surface area contributed by atoms with Crippen molar-refractivity contribution in [1.29, 1.82) is 0 Å². The highest BCUT2D eigenvalue weighted by Crippen LogP contribution is 2.31. The highest BCUT2D eigenvalue weighted by Gasteiger charge is 2.15. The van der Waals surface area contributed by atoms with Gasteiger partial charge in [-0.3, -0.25) is 0 Å². The van der Waals surface area contributed by atoms with Crippen LogP contribution in [0.3, 0.4) is 0 Å². The standard InChI is InChI=1S/C23H20F2O3/c1-2-3-15-4-6-16(7-5-15)17-8-10-18(11-9-17)21-14-19(28-23(24)25)12-13-20(21)22(26)27/h4-14,23H,2-3H2,1H3,(H,26,27). The Hall–Kier alpha value is -3.21. The summed E-state index contributed by atoms with van der Waals surface area (Å²) in [6.07, 6.45) is 2.13. The maximum Gasteiger partial charge on any atom is 0.387 e. The number of ether oxygens (including phenoxy) is 1. The van der Waals surface area contributed by atoms with Crippen LogP contribution in [0.1, 0.15) is 29.3 Å². The number of halogens is 2. The van der Waals surface area contributed by atoms with E-state index in [1.807, 2.05) is 12.1 Å². The van der Waals surface area contributed by atoms with E-state index in [4.69, 9.17) is 0 Å². The SMILES string of the molecule is CCCc1ccc(-c2ccc(-c3cc(OC(F)F)ccc3C(=O)O)cc2)cc1. The fourth-order valence-electron chi connectivity index (χ4n) is 3.12. The third-order valence-electron chi connectivity index (χ3n) is 4.47. The predicted octanol–water partition coefficient (Wildman–Crippen LogP) is 6.27. The van der Waals surface area contributed by atoms with E-state index in [0.29, 0.717) is 11.1 Å². The normalized spacial score (nSPS) is 10.9. The molecule has 0 aliphatic heterocycles. The summed E-state index contributed by atoms with van der Waals surface area (Å²) in [4.78, 5) is 11.5. The first-order valence-corrected chi connectivity index (χ1v) is 9.00. The average molecular weight is 382 g/mol. The second-order valence-corrected chi connectivity index (χ2v) is 6.42. The van der Waals surface area contributed by atoms with Gasteiger partial charge in [-0.1, -0.05) is 61.9 Å². The minimum absolute atomic E-state index is 0.0262. The van der Waals surface area contributed by atoms with E-state index in [0.717, 1.165) is 24.0 Å². The van der Waals surface area contributed by atoms with Crippen molar-refractivity contribution in [3.05, 3.63) is 77.9 Å². The fraction of sp³-hybridized carbons (Fsp3) is 0.174. The van der Waals surface area contributed by atoms with Gasteiger partial charge in [0.15, 0.2) is 0 Å². The van der Waals surface area contributed by atoms with Gasteiger partial charge in [0.1, 0.15) is 5.75 Å². The second-order valence-electron chi connectivity index (χ2n) is 6.42. The second kappa shape index (κ2) is 8.65. The minimum atomic E-state index is -2.97. The van der Waals surface area contributed by atoms with Crippen molar-refractivity contribution in [3.63, 3.8) is 0 Å². The number of carboxylic acid groups (broad SMARTS) is 1. The Morgan fingerprint density at radius 2 is 1.50 bits per heavy atom. The van der Waals surface area contributed by atoms with E-state index in [1.165, 1.54) is 23.8 Å². The Morgan fingerprint density at radius 1 is 0.929 bits per heavy atom. The highest BCUT2D eigenvalue weighted by molar-refractivity contribution is 5.96. The van der Waals surface area contributed by atoms with Crippen molar-refractivity contribution in [2.75, 3.05) is 0 Å². The summed E-state index contributed by atoms with van der Waals surface area (Å²) in [5.41, 5.74) is 4.30. The lowest BCUT2D eigenvalue weighted by atomic mass is 9.96. The van der Waals surface area contributed by atoms with E-state index >= 15 is 0 Å². The van der Waals surface area contributed by atoms with E-state index in [2.05, 4.69) is 35.9 Å². The van der Waals surface area contributed by atoms with Gasteiger partial charge in [-0.25, -0.2) is 4.79 Å². The molecule has 0 atom stereocenters. The molecule has 0 amide bonds. The van der Waals surface area contributed by atoms with Gasteiger partial charge in [0.05, 0.1) is 5.56 Å². The van der Waals surface area contributed by atoms with Crippen LogP contribution in [0.2, 0.25) is 0 Å². The molecule has 0 fully saturated rings. The van der Waals surface area contributed by atoms with Crippen molar-refractivity contribution in [2.24, 2.45) is 0 Å². The molecule has 0 aliphatic rings. The van der Waals surface area contributed by atoms with Crippen LogP contribution < -0.4 is 4.74 Å². The van der Waals surface area contributed by atoms with E-state index in [-0.39, 0.29) is 11.3 Å². The number of aromatic carboxylic acids is 1. The molecule has 0 unspecified atom stereocenters. The van der Waals surface area contributed by atoms with Crippen molar-refractivity contribution >= 4 is 5.97 Å². The minimum Gasteiger partial charge on any atom is -0.478 e. The quantitative estimate of drug-likeness (QED) is 0.524. The molecular formula is C23H20F2O3. The Labute approximate surface area is 162 Å². The Bertz CT molecular complexity index is 949. The van der Waals surface area contributed by atoms with Crippen LogP contribution in [0.15, 0.2) is 66.7 Å². The zero-order chi connectivity index (χ0) is 20.1. The van der Waals surface area contributed by atoms with Gasteiger partial charge >= 0.3 is 12.6 Å². The molecule has 0 saturated heterocycles. The molecule has 0 heterocycles. The number of aryl methyl sites for hydroxylation is 1. The predicted molar refractivity (Wildman–Crippen MR) is 105 cm³/mol. The topological polar surface area (TPSA) is 46.5 Å². The van der Waals surface area contributed by atoms with Gasteiger partial charge in [0.25, 0.3) is 0 Å². The summed E-state index contributed by atoms with van der Waals surface area (Å²) in [7, 11) is 0. The Balaban J connectivity index is 1.93. The zero-order valence-electron chi connectivity index (χ0n) is 15.4. The molecule has 0 radical (unpaired) electrons. The lowest BCUT2D eigenvalue weighted by molar-refractivity contribution is -0.0498. The van der Waals surface area contributed by atoms with E-state index in [1.54, 1.807) is 12.1 Å². The van der Waals surface area contributed by atoms with Crippen LogP contribution in [0.25, 0.3) is 22.3 Å². The summed E-state index contributed by atoms with van der Waals surface area (Å²) in [5.74, 6) is -1.21. The van der Waals surface area contributed by atoms with Gasteiger partial charge in [-0.05, 0) is 52.4 Å². The van der Waals surface area contributed by atoms with Crippen molar-refractivity contribution in [3.8, 4) is 28.0 Å². The molecule has 0 spiro atoms. The van der Waals surface area contributed by atoms with Crippen LogP contribution in [0.4, 0.5) is 8.78 Å². The molecule has 0 aliphatic carbocycles. The highest BCUT2D eigenvalue weighted by atomic mass is 19.3. The Morgan fingerprint density at radius 3 is 2.04 bits per heavy atom. The third kappa shape index (κ3) is 4.55. The molecule has 3 rings (SSSR count). The van der Waals surface area contributed by atoms with Crippen LogP contribution in [0, 0.1) is 0 Å². The molecule has 0 bridgehead atoms. The van der Waals surface area contributed by atoms with Crippen LogP contribution in [-0.2, 0) is 6.42 Å². The van der Waals surface area contributed by atoms with Gasteiger partial charge in [-0.15, -0.1) is 0 Å². The van der Waals surface area contributed by atoms with Gasteiger partial charge in [0.2, 0.25) is 0 Å². The summed E-state index contributed by atoms with van der Waals surface area (Å²) in [6, 6.07) is 19.5. The summed E-state index contributed by atoms with van der Waals surface area (Å²) in [5, 5.41) is 9.41. The zero-order valence-corrected chi connectivity index (χ0v) is 15.4. The molecule has 3 aromatic carbocycles. The molecule has 28 heavy (non-hydrogen) atoms. The Kier molecular flexibility index (Phi) is 6.04. The maximum atomic E-state index is 12.5. The smallest absolute Gasteiger partial charge is 0.387 e. The molecule has 0 aromatic heterocycles. The first-order chi connectivity index (χ1) is 13.5. The van der Waals surface area contributed by atoms with Gasteiger partial charge in [-0.2, -0.15) is 8.78 Å². The monoisotopic (exact) mass is 382 g/mol. The third-order valence-corrected chi connectivity index (χ3v) is 4.47. The lowest BCUT2D eigenvalue weighted by Gasteiger charge is -2.11. The number of rotatable bonds is 7. The largest absolute Gasteiger partial charge is 0.478 e. The number of hydrogen-bond acceptors (Lipinski definition) is 2. The van der Waals surface area contributed by atoms with Crippen LogP contribution in [0.5, 0.6) is 5.75 Å². The maximum absolute atomic E-state index is 12.5. The summed E-state index contributed by atoms with van der Waals surface area (Å²) in [6.45, 7) is -0.832. The molecule has 3 aromatic rings. The number of carboxylic acids is 1. The molecule has 5 heteroatoms. The summed E-state index contributed by atoms with van der Waals surface area (Å²) < 4.78 is 29.4. The molecule has 144 valence electrons. The molecule has 1 N–H and O–H groups in total. The number of hydrogen-bond donors (Lipinski definition) is 1. The van der Waals surface area contributed by atoms with Crippen LogP contribution >= 0.6 is 0 Å². The molecular weight excluding hydrogens is 362 g/mol. The first-order valence-electron chi connectivity index (χ1n) is 9.00. The molecule has 0 saturated carbocycles. The average Bonchev–Trinajstić information content (AvgIpc) is 2.68. The van der Waals surface area contributed by atoms with E-state index < -0.39 is 12.6 Å². The van der Waals surface area contributed by atoms with E-state index in [9.17, 15) is 18.7 Å². The fourth-order valence-corrected chi connectivity index (χ4v) is 3.12. The van der Waals surface area contributed by atoms with Crippen molar-refractivity contribution in [1.82, 2.24) is 0 Å². The van der Waals surface area contributed by atoms with Crippen molar-refractivity contribution in [2.45, 2.75) is 26.4 Å².